The summed E-state index contributed by atoms with van der Waals surface area (Å²) in [4.78, 5) is 0. The molecule has 0 atom stereocenters. The zero-order valence-electron chi connectivity index (χ0n) is 21.2. The highest BCUT2D eigenvalue weighted by atomic mass is 16.3. The SMILES string of the molecule is Cc1cc2cc(c1O)Cc1cc(cc(C)c1O)Cc1cc(C)c(O)c(c1)Cc1cc(cc(C)c1O)C2. The predicted octanol–water partition coefficient (Wildman–Crippen LogP) is 6.42. The van der Waals surface area contributed by atoms with E-state index in [1.807, 2.05) is 76.2 Å². The Balaban J connectivity index is 1.75. The lowest BCUT2D eigenvalue weighted by Crippen LogP contribution is -2.02. The van der Waals surface area contributed by atoms with E-state index in [1.54, 1.807) is 0 Å². The highest BCUT2D eigenvalue weighted by Gasteiger charge is 2.17. The number of phenols is 4. The Morgan fingerprint density at radius 3 is 0.806 bits per heavy atom. The van der Waals surface area contributed by atoms with Crippen LogP contribution in [0.2, 0.25) is 0 Å². The molecule has 4 aromatic carbocycles. The van der Waals surface area contributed by atoms with Crippen LogP contribution in [0.4, 0.5) is 0 Å². The molecule has 0 aromatic heterocycles. The van der Waals surface area contributed by atoms with Gasteiger partial charge in [0, 0.05) is 12.8 Å². The maximum absolute atomic E-state index is 10.9. The van der Waals surface area contributed by atoms with E-state index < -0.39 is 0 Å². The topological polar surface area (TPSA) is 80.9 Å². The summed E-state index contributed by atoms with van der Waals surface area (Å²) in [7, 11) is 0. The summed E-state index contributed by atoms with van der Waals surface area (Å²) in [5, 5.41) is 43.5. The third-order valence-corrected chi connectivity index (χ3v) is 7.34. The van der Waals surface area contributed by atoms with Crippen LogP contribution in [0.3, 0.4) is 0 Å². The van der Waals surface area contributed by atoms with Crippen molar-refractivity contribution in [3.8, 4) is 23.0 Å². The highest BCUT2D eigenvalue weighted by Crippen LogP contribution is 2.36. The summed E-state index contributed by atoms with van der Waals surface area (Å²) in [5.74, 6) is 1.01. The third kappa shape index (κ3) is 4.39. The van der Waals surface area contributed by atoms with Crippen LogP contribution in [-0.4, -0.2) is 20.4 Å². The maximum atomic E-state index is 10.9. The van der Waals surface area contributed by atoms with Crippen LogP contribution in [0.1, 0.15) is 66.8 Å². The minimum Gasteiger partial charge on any atom is -0.507 e. The molecule has 0 aliphatic heterocycles. The van der Waals surface area contributed by atoms with E-state index in [0.29, 0.717) is 25.7 Å². The molecule has 0 radical (unpaired) electrons. The number of hydrogen-bond acceptors (Lipinski definition) is 4. The van der Waals surface area contributed by atoms with Gasteiger partial charge in [-0.15, -0.1) is 0 Å². The summed E-state index contributed by atoms with van der Waals surface area (Å²) < 4.78 is 0. The van der Waals surface area contributed by atoms with Crippen molar-refractivity contribution >= 4 is 0 Å². The number of rotatable bonds is 0. The van der Waals surface area contributed by atoms with Gasteiger partial charge in [0.05, 0.1) is 0 Å². The zero-order chi connectivity index (χ0) is 25.7. The van der Waals surface area contributed by atoms with Crippen LogP contribution in [0.25, 0.3) is 0 Å². The van der Waals surface area contributed by atoms with Gasteiger partial charge in [0.15, 0.2) is 0 Å². The van der Waals surface area contributed by atoms with Crippen LogP contribution in [0.5, 0.6) is 23.0 Å². The zero-order valence-corrected chi connectivity index (χ0v) is 21.2. The molecule has 0 saturated carbocycles. The summed E-state index contributed by atoms with van der Waals surface area (Å²) in [6.45, 7) is 7.58. The molecular weight excluding hydrogens is 448 g/mol. The number of aryl methyl sites for hydroxylation is 4. The first-order valence-corrected chi connectivity index (χ1v) is 12.3. The van der Waals surface area contributed by atoms with Crippen molar-refractivity contribution in [1.82, 2.24) is 0 Å². The minimum atomic E-state index is 0.253. The second-order valence-electron chi connectivity index (χ2n) is 10.4. The molecule has 1 aliphatic carbocycles. The van der Waals surface area contributed by atoms with Gasteiger partial charge < -0.3 is 20.4 Å². The molecule has 1 aliphatic rings. The molecule has 0 spiro atoms. The molecule has 5 rings (SSSR count). The Kier molecular flexibility index (Phi) is 5.91. The summed E-state index contributed by atoms with van der Waals surface area (Å²) in [5.41, 5.74) is 10.5. The first kappa shape index (κ1) is 23.8. The van der Waals surface area contributed by atoms with Gasteiger partial charge in [-0.05, 0) is 107 Å². The van der Waals surface area contributed by atoms with E-state index in [-0.39, 0.29) is 23.0 Å². The molecule has 8 bridgehead atoms. The molecule has 0 saturated heterocycles. The average Bonchev–Trinajstić information content (AvgIpc) is 2.81. The van der Waals surface area contributed by atoms with E-state index >= 15 is 0 Å². The Hall–Kier alpha value is -3.92. The standard InChI is InChI=1S/C32H32O4/c1-17-5-21-9-22-6-18(2)31(35)27(12-22)16-28-14-24(8-20(4)32(28)36)10-23-7-19(3)30(34)26(13-23)15-25(11-21)29(17)33/h5-8,11-14,33-36H,9-10,15-16H2,1-4H3. The fourth-order valence-corrected chi connectivity index (χ4v) is 5.56. The fraction of sp³-hybridized carbons (Fsp3) is 0.250. The lowest BCUT2D eigenvalue weighted by molar-refractivity contribution is 0.458. The fourth-order valence-electron chi connectivity index (χ4n) is 5.56. The molecule has 0 amide bonds. The highest BCUT2D eigenvalue weighted by molar-refractivity contribution is 5.54. The van der Waals surface area contributed by atoms with E-state index in [1.165, 1.54) is 0 Å². The lowest BCUT2D eigenvalue weighted by atomic mass is 9.89. The second kappa shape index (κ2) is 8.94. The molecule has 4 nitrogen and oxygen atoms in total. The van der Waals surface area contributed by atoms with Crippen LogP contribution >= 0.6 is 0 Å². The van der Waals surface area contributed by atoms with Crippen molar-refractivity contribution in [3.05, 3.63) is 115 Å². The van der Waals surface area contributed by atoms with Crippen molar-refractivity contribution < 1.29 is 20.4 Å². The van der Waals surface area contributed by atoms with E-state index in [0.717, 1.165) is 66.8 Å². The summed E-state index contributed by atoms with van der Waals surface area (Å²) in [6, 6.07) is 16.0. The molecule has 4 N–H and O–H groups in total. The third-order valence-electron chi connectivity index (χ3n) is 7.34. The summed E-state index contributed by atoms with van der Waals surface area (Å²) in [6.07, 6.45) is 2.11. The van der Waals surface area contributed by atoms with Crippen molar-refractivity contribution in [3.63, 3.8) is 0 Å². The van der Waals surface area contributed by atoms with E-state index in [4.69, 9.17) is 0 Å². The smallest absolute Gasteiger partial charge is 0.122 e. The summed E-state index contributed by atoms with van der Waals surface area (Å²) >= 11 is 0. The van der Waals surface area contributed by atoms with E-state index in [9.17, 15) is 20.4 Å². The van der Waals surface area contributed by atoms with Crippen LogP contribution < -0.4 is 0 Å². The van der Waals surface area contributed by atoms with Crippen molar-refractivity contribution in [2.75, 3.05) is 0 Å². The number of aromatic hydroxyl groups is 4. The molecular formula is C32H32O4. The normalized spacial score (nSPS) is 13.0. The number of benzene rings is 4. The molecule has 36 heavy (non-hydrogen) atoms. The van der Waals surface area contributed by atoms with Gasteiger partial charge in [0.1, 0.15) is 23.0 Å². The monoisotopic (exact) mass is 480 g/mol. The van der Waals surface area contributed by atoms with Gasteiger partial charge in [0.2, 0.25) is 0 Å². The van der Waals surface area contributed by atoms with Gasteiger partial charge >= 0.3 is 0 Å². The van der Waals surface area contributed by atoms with Crippen molar-refractivity contribution in [2.45, 2.75) is 53.4 Å². The minimum absolute atomic E-state index is 0.253. The predicted molar refractivity (Wildman–Crippen MR) is 143 cm³/mol. The first-order valence-electron chi connectivity index (χ1n) is 12.3. The van der Waals surface area contributed by atoms with Crippen molar-refractivity contribution in [2.24, 2.45) is 0 Å². The number of fused-ring (bicyclic) bond motifs is 8. The maximum Gasteiger partial charge on any atom is 0.122 e. The number of phenolic OH excluding ortho intramolecular Hbond substituents is 4. The van der Waals surface area contributed by atoms with Crippen LogP contribution in [-0.2, 0) is 25.7 Å². The van der Waals surface area contributed by atoms with Gasteiger partial charge in [-0.1, -0.05) is 48.5 Å². The quantitative estimate of drug-likeness (QED) is 0.206. The Bertz CT molecular complexity index is 1290. The molecule has 4 aromatic rings. The molecule has 184 valence electrons. The largest absolute Gasteiger partial charge is 0.507 e. The van der Waals surface area contributed by atoms with Gasteiger partial charge in [-0.3, -0.25) is 0 Å². The Morgan fingerprint density at radius 1 is 0.361 bits per heavy atom. The lowest BCUT2D eigenvalue weighted by Gasteiger charge is -2.17. The molecule has 0 unspecified atom stereocenters. The Labute approximate surface area is 212 Å². The molecule has 4 heteroatoms. The number of hydrogen-bond donors (Lipinski definition) is 4. The van der Waals surface area contributed by atoms with E-state index in [2.05, 4.69) is 0 Å². The van der Waals surface area contributed by atoms with Crippen molar-refractivity contribution in [1.29, 1.82) is 0 Å². The van der Waals surface area contributed by atoms with Crippen LogP contribution in [0, 0.1) is 27.7 Å². The van der Waals surface area contributed by atoms with Gasteiger partial charge in [0.25, 0.3) is 0 Å². The Morgan fingerprint density at radius 2 is 0.583 bits per heavy atom. The van der Waals surface area contributed by atoms with Gasteiger partial charge in [-0.2, -0.15) is 0 Å². The molecule has 0 fully saturated rings. The first-order chi connectivity index (χ1) is 17.1. The second-order valence-corrected chi connectivity index (χ2v) is 10.4. The average molecular weight is 481 g/mol. The van der Waals surface area contributed by atoms with Crippen LogP contribution in [0.15, 0.2) is 48.5 Å². The van der Waals surface area contributed by atoms with Gasteiger partial charge in [-0.25, -0.2) is 0 Å². The molecule has 0 heterocycles.